The van der Waals surface area contributed by atoms with Gasteiger partial charge in [0.05, 0.1) is 14.2 Å². The van der Waals surface area contributed by atoms with E-state index in [0.29, 0.717) is 0 Å². The Morgan fingerprint density at radius 3 is 2.31 bits per heavy atom. The van der Waals surface area contributed by atoms with Crippen molar-refractivity contribution in [3.63, 3.8) is 0 Å². The molecule has 0 atom stereocenters. The molecule has 0 aromatic rings. The predicted octanol–water partition coefficient (Wildman–Crippen LogP) is 0.996. The van der Waals surface area contributed by atoms with Crippen LogP contribution in [0.25, 0.3) is 0 Å². The zero-order valence-corrected chi connectivity index (χ0v) is 8.13. The molecule has 1 amide bonds. The van der Waals surface area contributed by atoms with E-state index in [9.17, 15) is 9.59 Å². The van der Waals surface area contributed by atoms with Gasteiger partial charge in [-0.1, -0.05) is 0 Å². The van der Waals surface area contributed by atoms with Gasteiger partial charge in [0.1, 0.15) is 5.71 Å². The third-order valence-electron chi connectivity index (χ3n) is 1.15. The zero-order chi connectivity index (χ0) is 10.3. The molecule has 0 bridgehead atoms. The Morgan fingerprint density at radius 1 is 1.31 bits per heavy atom. The van der Waals surface area contributed by atoms with Gasteiger partial charge in [-0.05, 0) is 0 Å². The Hall–Kier alpha value is -1.10. The van der Waals surface area contributed by atoms with E-state index in [0.717, 1.165) is 0 Å². The van der Waals surface area contributed by atoms with Crippen LogP contribution in [0.4, 0.5) is 4.79 Å². The summed E-state index contributed by atoms with van der Waals surface area (Å²) in [5.74, 6) is -0.490. The minimum atomic E-state index is -0.842. The average Bonchev–Trinajstić information content (AvgIpc) is 2.15. The van der Waals surface area contributed by atoms with E-state index < -0.39 is 12.1 Å². The molecule has 0 aliphatic rings. The summed E-state index contributed by atoms with van der Waals surface area (Å²) in [6.45, 7) is 0. The first-order chi connectivity index (χ1) is 6.15. The van der Waals surface area contributed by atoms with Gasteiger partial charge in [0.25, 0.3) is 0 Å². The van der Waals surface area contributed by atoms with E-state index >= 15 is 0 Å². The molecule has 0 aromatic carbocycles. The highest BCUT2D eigenvalue weighted by Gasteiger charge is 2.13. The summed E-state index contributed by atoms with van der Waals surface area (Å²) < 4.78 is 8.62. The number of methoxy groups -OCH3 is 2. The molecule has 0 N–H and O–H groups in total. The number of aliphatic imine (C=N–C) groups is 1. The average molecular weight is 208 g/mol. The highest BCUT2D eigenvalue weighted by atomic mass is 35.5. The molecule has 0 fully saturated rings. The lowest BCUT2D eigenvalue weighted by molar-refractivity contribution is -0.132. The Labute approximate surface area is 80.7 Å². The third kappa shape index (κ3) is 4.47. The summed E-state index contributed by atoms with van der Waals surface area (Å²) in [6, 6.07) is 0. The van der Waals surface area contributed by atoms with Crippen molar-refractivity contribution in [2.24, 2.45) is 4.99 Å². The Balaban J connectivity index is 4.48. The van der Waals surface area contributed by atoms with Gasteiger partial charge in [0, 0.05) is 12.3 Å². The zero-order valence-electron chi connectivity index (χ0n) is 7.37. The number of hydrogen-bond donors (Lipinski definition) is 0. The predicted molar refractivity (Wildman–Crippen MR) is 47.2 cm³/mol. The van der Waals surface area contributed by atoms with E-state index in [1.807, 2.05) is 0 Å². The first-order valence-corrected chi connectivity index (χ1v) is 3.99. The maximum absolute atomic E-state index is 10.9. The second-order valence-corrected chi connectivity index (χ2v) is 2.34. The molecule has 0 aliphatic carbocycles. The molecule has 0 aliphatic heterocycles. The maximum atomic E-state index is 10.9. The number of esters is 1. The molecule has 13 heavy (non-hydrogen) atoms. The van der Waals surface area contributed by atoms with E-state index in [1.54, 1.807) is 0 Å². The van der Waals surface area contributed by atoms with Gasteiger partial charge in [-0.15, -0.1) is 11.6 Å². The number of amides is 1. The Kier molecular flexibility index (Phi) is 5.88. The summed E-state index contributed by atoms with van der Waals surface area (Å²) in [6.07, 6.45) is -0.672. The second kappa shape index (κ2) is 6.42. The first-order valence-electron chi connectivity index (χ1n) is 3.45. The molecule has 0 heterocycles. The lowest BCUT2D eigenvalue weighted by Crippen LogP contribution is -2.18. The molecule has 0 spiro atoms. The van der Waals surface area contributed by atoms with Gasteiger partial charge < -0.3 is 9.47 Å². The smallest absolute Gasteiger partial charge is 0.433 e. The van der Waals surface area contributed by atoms with E-state index in [1.165, 1.54) is 14.2 Å². The van der Waals surface area contributed by atoms with Crippen molar-refractivity contribution < 1.29 is 19.1 Å². The Bertz CT molecular complexity index is 227. The van der Waals surface area contributed by atoms with Crippen molar-refractivity contribution in [3.05, 3.63) is 0 Å². The molecule has 0 saturated carbocycles. The van der Waals surface area contributed by atoms with Gasteiger partial charge in [-0.3, -0.25) is 0 Å². The van der Waals surface area contributed by atoms with Gasteiger partial charge in [0.15, 0.2) is 0 Å². The van der Waals surface area contributed by atoms with Crippen LogP contribution < -0.4 is 0 Å². The molecule has 0 saturated heterocycles. The van der Waals surface area contributed by atoms with E-state index in [-0.39, 0.29) is 18.0 Å². The van der Waals surface area contributed by atoms with Crippen LogP contribution >= 0.6 is 11.6 Å². The van der Waals surface area contributed by atoms with Crippen LogP contribution in [0.5, 0.6) is 0 Å². The second-order valence-electron chi connectivity index (χ2n) is 1.96. The first kappa shape index (κ1) is 11.9. The number of halogens is 1. The fraction of sp³-hybridized carbons (Fsp3) is 0.571. The molecule has 74 valence electrons. The van der Waals surface area contributed by atoms with Crippen LogP contribution in [0, 0.1) is 0 Å². The fourth-order valence-electron chi connectivity index (χ4n) is 0.567. The quantitative estimate of drug-likeness (QED) is 0.393. The maximum Gasteiger partial charge on any atom is 0.433 e. The third-order valence-corrected chi connectivity index (χ3v) is 1.34. The molecule has 5 nitrogen and oxygen atoms in total. The number of ether oxygens (including phenoxy) is 2. The van der Waals surface area contributed by atoms with Crippen LogP contribution in [-0.2, 0) is 14.3 Å². The molecular weight excluding hydrogens is 198 g/mol. The highest BCUT2D eigenvalue weighted by Crippen LogP contribution is 1.95. The van der Waals surface area contributed by atoms with Crippen molar-refractivity contribution in [1.82, 2.24) is 0 Å². The molecule has 0 unspecified atom stereocenters. The largest absolute Gasteiger partial charge is 0.465 e. The van der Waals surface area contributed by atoms with Gasteiger partial charge in [0.2, 0.25) is 0 Å². The summed E-state index contributed by atoms with van der Waals surface area (Å²) >= 11 is 5.38. The highest BCUT2D eigenvalue weighted by molar-refractivity contribution is 6.39. The molecule has 6 heteroatoms. The summed E-state index contributed by atoms with van der Waals surface area (Å²) in [4.78, 5) is 24.9. The minimum Gasteiger partial charge on any atom is -0.465 e. The van der Waals surface area contributed by atoms with Crippen molar-refractivity contribution in [2.75, 3.05) is 20.1 Å². The minimum absolute atomic E-state index is 0.0376. The monoisotopic (exact) mass is 207 g/mol. The van der Waals surface area contributed by atoms with Crippen molar-refractivity contribution in [3.8, 4) is 0 Å². The van der Waals surface area contributed by atoms with Crippen LogP contribution in [0.2, 0.25) is 0 Å². The molecule has 0 aromatic heterocycles. The fourth-order valence-corrected chi connectivity index (χ4v) is 0.746. The van der Waals surface area contributed by atoms with E-state index in [2.05, 4.69) is 14.5 Å². The topological polar surface area (TPSA) is 65.0 Å². The number of rotatable bonds is 3. The van der Waals surface area contributed by atoms with Gasteiger partial charge >= 0.3 is 12.1 Å². The lowest BCUT2D eigenvalue weighted by atomic mass is 10.3. The van der Waals surface area contributed by atoms with Crippen LogP contribution in [0.15, 0.2) is 4.99 Å². The number of carbonyl (C=O) groups is 2. The van der Waals surface area contributed by atoms with E-state index in [4.69, 9.17) is 11.6 Å². The Morgan fingerprint density at radius 2 is 1.92 bits per heavy atom. The normalized spacial score (nSPS) is 10.8. The van der Waals surface area contributed by atoms with Crippen molar-refractivity contribution in [1.29, 1.82) is 0 Å². The van der Waals surface area contributed by atoms with Gasteiger partial charge in [-0.25, -0.2) is 9.59 Å². The van der Waals surface area contributed by atoms with Gasteiger partial charge in [-0.2, -0.15) is 4.99 Å². The van der Waals surface area contributed by atoms with Crippen molar-refractivity contribution in [2.45, 2.75) is 6.42 Å². The SMILES string of the molecule is COC(=O)N=C(CCCl)C(=O)OC. The standard InChI is InChI=1S/C7H10ClNO4/c1-12-6(10)5(3-4-8)9-7(11)13-2/h3-4H2,1-2H3. The lowest BCUT2D eigenvalue weighted by Gasteiger charge is -2.00. The molecule has 0 rings (SSSR count). The van der Waals surface area contributed by atoms with Crippen LogP contribution in [0.3, 0.4) is 0 Å². The van der Waals surface area contributed by atoms with Crippen molar-refractivity contribution >= 4 is 29.4 Å². The van der Waals surface area contributed by atoms with Crippen LogP contribution in [0.1, 0.15) is 6.42 Å². The van der Waals surface area contributed by atoms with Crippen LogP contribution in [-0.4, -0.2) is 37.9 Å². The number of nitrogens with zero attached hydrogens (tertiary/aromatic N) is 1. The summed E-state index contributed by atoms with van der Waals surface area (Å²) in [5.41, 5.74) is -0.0376. The number of carbonyl (C=O) groups excluding carboxylic acids is 2. The number of hydrogen-bond acceptors (Lipinski definition) is 4. The summed E-state index contributed by atoms with van der Waals surface area (Å²) in [5, 5.41) is 0. The molecule has 0 radical (unpaired) electrons. The number of alkyl halides is 1. The summed E-state index contributed by atoms with van der Waals surface area (Å²) in [7, 11) is 2.37. The molecular formula is C7H10ClNO4.